The molecule has 5 unspecified atom stereocenters. The summed E-state index contributed by atoms with van der Waals surface area (Å²) in [6.07, 6.45) is -2.02. The molecule has 0 rings (SSSR count). The third-order valence-electron chi connectivity index (χ3n) is 4.82. The molecule has 0 saturated heterocycles. The molecule has 0 bridgehead atoms. The lowest BCUT2D eigenvalue weighted by molar-refractivity contribution is -0.147. The van der Waals surface area contributed by atoms with E-state index in [0.717, 1.165) is 0 Å². The highest BCUT2D eigenvalue weighted by Crippen LogP contribution is 2.10. The van der Waals surface area contributed by atoms with Crippen molar-refractivity contribution in [3.05, 3.63) is 0 Å². The van der Waals surface area contributed by atoms with Crippen molar-refractivity contribution in [1.29, 1.82) is 0 Å². The second-order valence-electron chi connectivity index (χ2n) is 7.64. The van der Waals surface area contributed by atoms with Crippen LogP contribution in [-0.2, 0) is 33.6 Å². The fraction of sp³-hybridized carbons (Fsp3) is 0.632. The van der Waals surface area contributed by atoms with Crippen LogP contribution < -0.4 is 27.4 Å². The van der Waals surface area contributed by atoms with Crippen LogP contribution in [0.2, 0.25) is 0 Å². The molecule has 0 fully saturated rings. The van der Waals surface area contributed by atoms with Crippen LogP contribution in [0.25, 0.3) is 0 Å². The van der Waals surface area contributed by atoms with E-state index < -0.39 is 90.9 Å². The topological polar surface area (TPSA) is 268 Å². The molecule has 0 radical (unpaired) electrons. The van der Waals surface area contributed by atoms with E-state index in [9.17, 15) is 33.6 Å². The third-order valence-corrected chi connectivity index (χ3v) is 4.82. The molecule has 15 nitrogen and oxygen atoms in total. The van der Waals surface area contributed by atoms with Crippen LogP contribution in [0.5, 0.6) is 0 Å². The van der Waals surface area contributed by atoms with Crippen LogP contribution in [0.15, 0.2) is 0 Å². The van der Waals surface area contributed by atoms with Gasteiger partial charge in [-0.3, -0.25) is 28.8 Å². The van der Waals surface area contributed by atoms with Gasteiger partial charge in [0, 0.05) is 6.42 Å². The molecule has 0 aliphatic heterocycles. The number of hydrogen-bond donors (Lipinski definition) is 8. The summed E-state index contributed by atoms with van der Waals surface area (Å²) in [5, 5.41) is 33.5. The van der Waals surface area contributed by atoms with Crippen molar-refractivity contribution >= 4 is 41.5 Å². The number of nitrogens with two attached hydrogens (primary N) is 2. The Labute approximate surface area is 194 Å². The number of nitrogens with one attached hydrogen (secondary N) is 3. The number of aliphatic carboxylic acids is 3. The zero-order chi connectivity index (χ0) is 26.6. The van der Waals surface area contributed by atoms with Gasteiger partial charge in [0.05, 0.1) is 18.9 Å². The summed E-state index contributed by atoms with van der Waals surface area (Å²) in [6, 6.07) is -5.96. The van der Waals surface area contributed by atoms with Gasteiger partial charge in [0.15, 0.2) is 0 Å². The first-order chi connectivity index (χ1) is 15.7. The van der Waals surface area contributed by atoms with E-state index in [4.69, 9.17) is 26.8 Å². The van der Waals surface area contributed by atoms with E-state index >= 15 is 0 Å². The van der Waals surface area contributed by atoms with Crippen molar-refractivity contribution in [2.45, 2.75) is 70.1 Å². The molecular weight excluding hydrogens is 458 g/mol. The first-order valence-corrected chi connectivity index (χ1v) is 10.3. The Morgan fingerprint density at radius 1 is 0.794 bits per heavy atom. The van der Waals surface area contributed by atoms with Gasteiger partial charge in [-0.05, 0) is 12.3 Å². The molecule has 0 spiro atoms. The number of carbonyl (C=O) groups excluding carboxylic acids is 4. The molecule has 15 heteroatoms. The molecule has 0 saturated carbocycles. The zero-order valence-corrected chi connectivity index (χ0v) is 18.8. The number of hydrogen-bond acceptors (Lipinski definition) is 8. The van der Waals surface area contributed by atoms with Gasteiger partial charge in [-0.1, -0.05) is 20.3 Å². The number of amides is 4. The van der Waals surface area contributed by atoms with Crippen LogP contribution in [0, 0.1) is 5.92 Å². The van der Waals surface area contributed by atoms with Gasteiger partial charge in [0.25, 0.3) is 0 Å². The summed E-state index contributed by atoms with van der Waals surface area (Å²) in [6.45, 7) is 3.24. The Kier molecular flexibility index (Phi) is 12.8. The van der Waals surface area contributed by atoms with Gasteiger partial charge in [0.2, 0.25) is 23.6 Å². The smallest absolute Gasteiger partial charge is 0.326 e. The average Bonchev–Trinajstić information content (AvgIpc) is 2.72. The highest BCUT2D eigenvalue weighted by molar-refractivity contribution is 5.95. The van der Waals surface area contributed by atoms with Crippen molar-refractivity contribution in [3.8, 4) is 0 Å². The van der Waals surface area contributed by atoms with E-state index in [2.05, 4.69) is 16.0 Å². The fourth-order valence-corrected chi connectivity index (χ4v) is 2.72. The van der Waals surface area contributed by atoms with Crippen molar-refractivity contribution in [3.63, 3.8) is 0 Å². The normalized spacial score (nSPS) is 15.0. The van der Waals surface area contributed by atoms with Gasteiger partial charge in [-0.2, -0.15) is 0 Å². The van der Waals surface area contributed by atoms with Gasteiger partial charge >= 0.3 is 17.9 Å². The van der Waals surface area contributed by atoms with Crippen molar-refractivity contribution in [2.24, 2.45) is 17.4 Å². The number of carboxylic acids is 3. The first-order valence-electron chi connectivity index (χ1n) is 10.3. The molecule has 0 aromatic carbocycles. The number of carboxylic acid groups (broad SMARTS) is 3. The van der Waals surface area contributed by atoms with Crippen molar-refractivity contribution in [2.75, 3.05) is 0 Å². The predicted octanol–water partition coefficient (Wildman–Crippen LogP) is -2.89. The summed E-state index contributed by atoms with van der Waals surface area (Å²) in [5.41, 5.74) is 10.5. The van der Waals surface area contributed by atoms with E-state index in [-0.39, 0.29) is 6.42 Å². The minimum absolute atomic E-state index is 0.338. The summed E-state index contributed by atoms with van der Waals surface area (Å²) >= 11 is 0. The van der Waals surface area contributed by atoms with E-state index in [0.29, 0.717) is 6.42 Å². The Hall–Kier alpha value is -3.75. The van der Waals surface area contributed by atoms with E-state index in [1.807, 2.05) is 0 Å². The van der Waals surface area contributed by atoms with Gasteiger partial charge in [-0.15, -0.1) is 0 Å². The fourth-order valence-electron chi connectivity index (χ4n) is 2.72. The largest absolute Gasteiger partial charge is 0.481 e. The average molecular weight is 489 g/mol. The minimum atomic E-state index is -1.76. The first kappa shape index (κ1) is 30.2. The standard InChI is InChI=1S/C19H31N5O10/c1-3-8(2)15(18(32)23-11(19(33)34)7-14(28)29)24-17(31)10(4-5-13(26)27)22-16(30)9(20)6-12(21)25/h8-11,15H,3-7,20H2,1-2H3,(H2,21,25)(H,22,30)(H,23,32)(H,24,31)(H,26,27)(H,28,29)(H,33,34). The van der Waals surface area contributed by atoms with Crippen LogP contribution in [0.4, 0.5) is 0 Å². The third kappa shape index (κ3) is 11.2. The van der Waals surface area contributed by atoms with Crippen LogP contribution in [-0.4, -0.2) is 81.0 Å². The Morgan fingerprint density at radius 3 is 1.79 bits per heavy atom. The predicted molar refractivity (Wildman–Crippen MR) is 114 cm³/mol. The maximum Gasteiger partial charge on any atom is 0.326 e. The van der Waals surface area contributed by atoms with Crippen LogP contribution >= 0.6 is 0 Å². The molecule has 192 valence electrons. The molecular formula is C19H31N5O10. The van der Waals surface area contributed by atoms with Crippen LogP contribution in [0.1, 0.15) is 46.0 Å². The molecule has 4 amide bonds. The van der Waals surface area contributed by atoms with Gasteiger partial charge in [0.1, 0.15) is 18.1 Å². The molecule has 0 aromatic rings. The Morgan fingerprint density at radius 2 is 1.35 bits per heavy atom. The molecule has 0 aliphatic rings. The lowest BCUT2D eigenvalue weighted by Crippen LogP contribution is -2.59. The molecule has 0 heterocycles. The summed E-state index contributed by atoms with van der Waals surface area (Å²) in [4.78, 5) is 81.7. The second-order valence-corrected chi connectivity index (χ2v) is 7.64. The Balaban J connectivity index is 5.65. The highest BCUT2D eigenvalue weighted by Gasteiger charge is 2.33. The van der Waals surface area contributed by atoms with Crippen molar-refractivity contribution < 1.29 is 48.9 Å². The number of carbonyl (C=O) groups is 7. The molecule has 5 atom stereocenters. The monoisotopic (exact) mass is 489 g/mol. The Bertz CT molecular complexity index is 802. The maximum absolute atomic E-state index is 12.8. The van der Waals surface area contributed by atoms with Crippen LogP contribution in [0.3, 0.4) is 0 Å². The minimum Gasteiger partial charge on any atom is -0.481 e. The van der Waals surface area contributed by atoms with Gasteiger partial charge < -0.3 is 42.7 Å². The summed E-state index contributed by atoms with van der Waals surface area (Å²) < 4.78 is 0. The quantitative estimate of drug-likeness (QED) is 0.109. The molecule has 0 aromatic heterocycles. The lowest BCUT2D eigenvalue weighted by Gasteiger charge is -2.27. The van der Waals surface area contributed by atoms with Gasteiger partial charge in [-0.25, -0.2) is 4.79 Å². The van der Waals surface area contributed by atoms with Crippen molar-refractivity contribution in [1.82, 2.24) is 16.0 Å². The molecule has 10 N–H and O–H groups in total. The van der Waals surface area contributed by atoms with E-state index in [1.165, 1.54) is 0 Å². The maximum atomic E-state index is 12.8. The molecule has 34 heavy (non-hydrogen) atoms. The number of primary amides is 1. The summed E-state index contributed by atoms with van der Waals surface area (Å²) in [5.74, 6) is -8.69. The van der Waals surface area contributed by atoms with E-state index in [1.54, 1.807) is 13.8 Å². The highest BCUT2D eigenvalue weighted by atomic mass is 16.4. The number of rotatable bonds is 16. The summed E-state index contributed by atoms with van der Waals surface area (Å²) in [7, 11) is 0. The SMILES string of the molecule is CCC(C)C(NC(=O)C(CCC(=O)O)NC(=O)C(N)CC(N)=O)C(=O)NC(CC(=O)O)C(=O)O. The second kappa shape index (κ2) is 14.4. The molecule has 0 aliphatic carbocycles. The lowest BCUT2D eigenvalue weighted by atomic mass is 9.97. The zero-order valence-electron chi connectivity index (χ0n) is 18.8.